The molecular weight excluding hydrogens is 494 g/mol. The highest BCUT2D eigenvalue weighted by Gasteiger charge is 2.33. The number of rotatable bonds is 9. The molecule has 1 unspecified atom stereocenters. The number of cyclic esters (lactones) is 1. The van der Waals surface area contributed by atoms with Gasteiger partial charge in [0.25, 0.3) is 5.91 Å². The summed E-state index contributed by atoms with van der Waals surface area (Å²) in [5, 5.41) is 5.99. The maximum atomic E-state index is 12.4. The second-order valence-electron chi connectivity index (χ2n) is 8.97. The third kappa shape index (κ3) is 5.33. The molecule has 2 amide bonds. The van der Waals surface area contributed by atoms with Crippen LogP contribution in [0.2, 0.25) is 0 Å². The summed E-state index contributed by atoms with van der Waals surface area (Å²) in [6.07, 6.45) is 3.27. The van der Waals surface area contributed by atoms with Gasteiger partial charge in [0.15, 0.2) is 24.0 Å². The second-order valence-corrected chi connectivity index (χ2v) is 8.97. The lowest BCUT2D eigenvalue weighted by atomic mass is 10.2. The van der Waals surface area contributed by atoms with Crippen molar-refractivity contribution in [2.24, 2.45) is 0 Å². The molecule has 1 atom stereocenters. The summed E-state index contributed by atoms with van der Waals surface area (Å²) in [5.41, 5.74) is 1.67. The molecule has 3 aliphatic heterocycles. The zero-order chi connectivity index (χ0) is 25.9. The predicted octanol–water partition coefficient (Wildman–Crippen LogP) is 1.55. The van der Waals surface area contributed by atoms with Crippen LogP contribution in [0.3, 0.4) is 0 Å². The highest BCUT2D eigenvalue weighted by molar-refractivity contribution is 5.95. The normalized spacial score (nSPS) is 18.7. The first-order valence-corrected chi connectivity index (χ1v) is 12.3. The lowest BCUT2D eigenvalue weighted by Crippen LogP contribution is -2.38. The van der Waals surface area contributed by atoms with Crippen molar-refractivity contribution in [1.82, 2.24) is 25.3 Å². The fraction of sp³-hybridized carbons (Fsp3) is 0.360. The number of pyridine rings is 2. The molecule has 2 fully saturated rings. The molecule has 6 heterocycles. The summed E-state index contributed by atoms with van der Waals surface area (Å²) in [4.78, 5) is 43.1. The predicted molar refractivity (Wildman–Crippen MR) is 133 cm³/mol. The smallest absolute Gasteiger partial charge is 0.415 e. The zero-order valence-corrected chi connectivity index (χ0v) is 20.3. The number of hydrogen-bond donors (Lipinski definition) is 2. The Balaban J connectivity index is 1.00. The van der Waals surface area contributed by atoms with Crippen molar-refractivity contribution in [3.05, 3.63) is 48.4 Å². The number of aromatic nitrogens is 4. The first-order valence-electron chi connectivity index (χ1n) is 12.3. The SMILES string of the molecule is O=C1COc2ccc(N3CC(CCNCc4cc(-c5nccc(OC6COC6)n5)ccn4)OC3=O)nc2N1. The van der Waals surface area contributed by atoms with Crippen LogP contribution < -0.4 is 25.0 Å². The van der Waals surface area contributed by atoms with E-state index in [1.165, 1.54) is 4.90 Å². The van der Waals surface area contributed by atoms with E-state index in [1.807, 2.05) is 12.1 Å². The Morgan fingerprint density at radius 1 is 1.11 bits per heavy atom. The summed E-state index contributed by atoms with van der Waals surface area (Å²) in [7, 11) is 0. The van der Waals surface area contributed by atoms with E-state index in [2.05, 4.69) is 30.6 Å². The molecular formula is C25H25N7O6. The fourth-order valence-corrected chi connectivity index (χ4v) is 4.16. The molecule has 13 heteroatoms. The number of carbonyl (C=O) groups is 2. The van der Waals surface area contributed by atoms with Gasteiger partial charge in [0.2, 0.25) is 5.88 Å². The minimum absolute atomic E-state index is 0.0349. The molecule has 3 aliphatic rings. The van der Waals surface area contributed by atoms with Crippen LogP contribution in [0, 0.1) is 0 Å². The standard InChI is InChI=1S/C25H25N7O6/c33-21-14-36-19-1-2-20(29-24(19)30-21)32-11-17(38-25(32)34)4-6-26-10-16-9-15(3-7-27-16)23-28-8-5-22(31-23)37-18-12-35-13-18/h1-3,5,7-9,17-18,26H,4,6,10-14H2,(H,29,30,33). The summed E-state index contributed by atoms with van der Waals surface area (Å²) in [6, 6.07) is 8.87. The van der Waals surface area contributed by atoms with Crippen molar-refractivity contribution in [2.45, 2.75) is 25.2 Å². The topological polar surface area (TPSA) is 150 Å². The molecule has 3 aromatic rings. The summed E-state index contributed by atoms with van der Waals surface area (Å²) < 4.78 is 21.7. The average molecular weight is 520 g/mol. The number of anilines is 2. The summed E-state index contributed by atoms with van der Waals surface area (Å²) in [5.74, 6) is 1.95. The number of amides is 2. The van der Waals surface area contributed by atoms with Crippen LogP contribution in [0.4, 0.5) is 16.4 Å². The van der Waals surface area contributed by atoms with Gasteiger partial charge in [-0.15, -0.1) is 0 Å². The van der Waals surface area contributed by atoms with Crippen LogP contribution in [0.25, 0.3) is 11.4 Å². The van der Waals surface area contributed by atoms with E-state index in [-0.39, 0.29) is 24.7 Å². The quantitative estimate of drug-likeness (QED) is 0.396. The van der Waals surface area contributed by atoms with Gasteiger partial charge in [-0.1, -0.05) is 0 Å². The minimum Gasteiger partial charge on any atom is -0.480 e. The Hall–Kier alpha value is -4.36. The van der Waals surface area contributed by atoms with Crippen LogP contribution >= 0.6 is 0 Å². The molecule has 3 aromatic heterocycles. The Morgan fingerprint density at radius 3 is 2.87 bits per heavy atom. The van der Waals surface area contributed by atoms with Gasteiger partial charge in [-0.3, -0.25) is 14.7 Å². The van der Waals surface area contributed by atoms with Gasteiger partial charge >= 0.3 is 6.09 Å². The van der Waals surface area contributed by atoms with E-state index in [9.17, 15) is 9.59 Å². The number of carbonyl (C=O) groups excluding carboxylic acids is 2. The molecule has 0 radical (unpaired) electrons. The Kier molecular flexibility index (Phi) is 6.67. The van der Waals surface area contributed by atoms with Crippen molar-refractivity contribution in [1.29, 1.82) is 0 Å². The van der Waals surface area contributed by atoms with E-state index in [0.29, 0.717) is 68.4 Å². The number of ether oxygens (including phenoxy) is 4. The van der Waals surface area contributed by atoms with E-state index in [0.717, 1.165) is 11.3 Å². The van der Waals surface area contributed by atoms with Gasteiger partial charge in [-0.25, -0.2) is 14.8 Å². The van der Waals surface area contributed by atoms with E-state index >= 15 is 0 Å². The van der Waals surface area contributed by atoms with Crippen molar-refractivity contribution in [2.75, 3.05) is 43.1 Å². The number of hydrogen-bond acceptors (Lipinski definition) is 11. The van der Waals surface area contributed by atoms with Crippen LogP contribution in [0.1, 0.15) is 12.1 Å². The van der Waals surface area contributed by atoms with Gasteiger partial charge < -0.3 is 29.6 Å². The lowest BCUT2D eigenvalue weighted by molar-refractivity contribution is -0.118. The van der Waals surface area contributed by atoms with Crippen molar-refractivity contribution in [3.63, 3.8) is 0 Å². The lowest BCUT2D eigenvalue weighted by Gasteiger charge is -2.26. The second kappa shape index (κ2) is 10.6. The molecule has 0 bridgehead atoms. The first kappa shape index (κ1) is 24.0. The molecule has 196 valence electrons. The summed E-state index contributed by atoms with van der Waals surface area (Å²) in [6.45, 7) is 2.59. The minimum atomic E-state index is -0.476. The van der Waals surface area contributed by atoms with Gasteiger partial charge in [0.1, 0.15) is 18.0 Å². The summed E-state index contributed by atoms with van der Waals surface area (Å²) >= 11 is 0. The molecule has 0 aliphatic carbocycles. The third-order valence-electron chi connectivity index (χ3n) is 6.16. The molecule has 0 spiro atoms. The first-order chi connectivity index (χ1) is 18.6. The monoisotopic (exact) mass is 519 g/mol. The van der Waals surface area contributed by atoms with Crippen molar-refractivity contribution in [3.8, 4) is 23.0 Å². The third-order valence-corrected chi connectivity index (χ3v) is 6.16. The molecule has 0 saturated carbocycles. The largest absolute Gasteiger partial charge is 0.480 e. The van der Waals surface area contributed by atoms with Crippen molar-refractivity contribution >= 4 is 23.6 Å². The van der Waals surface area contributed by atoms with Gasteiger partial charge in [0.05, 0.1) is 25.5 Å². The maximum absolute atomic E-state index is 12.4. The molecule has 6 rings (SSSR count). The van der Waals surface area contributed by atoms with Gasteiger partial charge in [-0.05, 0) is 37.2 Å². The fourth-order valence-electron chi connectivity index (χ4n) is 4.16. The molecule has 13 nitrogen and oxygen atoms in total. The Labute approximate surface area is 217 Å². The van der Waals surface area contributed by atoms with Crippen LogP contribution in [-0.2, 0) is 20.8 Å². The molecule has 0 aromatic carbocycles. The van der Waals surface area contributed by atoms with Crippen LogP contribution in [-0.4, -0.2) is 77.1 Å². The van der Waals surface area contributed by atoms with Crippen molar-refractivity contribution < 1.29 is 28.5 Å². The molecule has 2 saturated heterocycles. The van der Waals surface area contributed by atoms with E-state index in [4.69, 9.17) is 18.9 Å². The van der Waals surface area contributed by atoms with Crippen LogP contribution in [0.15, 0.2) is 42.7 Å². The van der Waals surface area contributed by atoms with Gasteiger partial charge in [0, 0.05) is 30.6 Å². The molecule has 2 N–H and O–H groups in total. The van der Waals surface area contributed by atoms with Crippen LogP contribution in [0.5, 0.6) is 11.6 Å². The number of nitrogens with zero attached hydrogens (tertiary/aromatic N) is 5. The Morgan fingerprint density at radius 2 is 2.00 bits per heavy atom. The van der Waals surface area contributed by atoms with E-state index in [1.54, 1.807) is 30.6 Å². The zero-order valence-electron chi connectivity index (χ0n) is 20.3. The number of fused-ring (bicyclic) bond motifs is 1. The molecule has 38 heavy (non-hydrogen) atoms. The van der Waals surface area contributed by atoms with E-state index < -0.39 is 6.09 Å². The van der Waals surface area contributed by atoms with Gasteiger partial charge in [-0.2, -0.15) is 4.98 Å². The number of nitrogens with one attached hydrogen (secondary N) is 2. The average Bonchev–Trinajstić information content (AvgIpc) is 3.29. The maximum Gasteiger partial charge on any atom is 0.415 e. The highest BCUT2D eigenvalue weighted by atomic mass is 16.6. The Bertz CT molecular complexity index is 1350. The highest BCUT2D eigenvalue weighted by Crippen LogP contribution is 2.30.